The van der Waals surface area contributed by atoms with Crippen LogP contribution in [0.3, 0.4) is 0 Å². The Labute approximate surface area is 112 Å². The van der Waals surface area contributed by atoms with Gasteiger partial charge < -0.3 is 15.3 Å². The Balaban J connectivity index is 3.12. The minimum atomic E-state index is 0.174. The van der Waals surface area contributed by atoms with Crippen LogP contribution in [0, 0.1) is 0 Å². The van der Waals surface area contributed by atoms with E-state index in [0.29, 0.717) is 12.6 Å². The zero-order valence-corrected chi connectivity index (χ0v) is 12.3. The Morgan fingerprint density at radius 1 is 1.47 bits per heavy atom. The second-order valence-corrected chi connectivity index (χ2v) is 4.93. The molecule has 1 atom stereocenters. The van der Waals surface area contributed by atoms with E-state index in [4.69, 9.17) is 5.11 Å². The number of hydrogen-bond acceptors (Lipinski definition) is 3. The van der Waals surface area contributed by atoms with Crippen molar-refractivity contribution in [2.45, 2.75) is 19.9 Å². The van der Waals surface area contributed by atoms with Crippen molar-refractivity contribution in [2.75, 3.05) is 31.6 Å². The molecule has 4 heteroatoms. The SMILES string of the molecule is CCN(CCO)c1cc(Br)ccc1C(C)NC. The highest BCUT2D eigenvalue weighted by atomic mass is 79.9. The third kappa shape index (κ3) is 3.69. The van der Waals surface area contributed by atoms with Gasteiger partial charge in [0.2, 0.25) is 0 Å². The van der Waals surface area contributed by atoms with Crippen LogP contribution in [0.1, 0.15) is 25.5 Å². The molecule has 0 saturated heterocycles. The minimum Gasteiger partial charge on any atom is -0.395 e. The lowest BCUT2D eigenvalue weighted by Crippen LogP contribution is -2.28. The largest absolute Gasteiger partial charge is 0.395 e. The van der Waals surface area contributed by atoms with Crippen LogP contribution in [0.25, 0.3) is 0 Å². The number of likely N-dealkylation sites (N-methyl/N-ethyl adjacent to an activating group) is 1. The van der Waals surface area contributed by atoms with Crippen LogP contribution >= 0.6 is 15.9 Å². The van der Waals surface area contributed by atoms with Crippen molar-refractivity contribution < 1.29 is 5.11 Å². The molecule has 0 aliphatic rings. The van der Waals surface area contributed by atoms with Crippen molar-refractivity contribution >= 4 is 21.6 Å². The predicted molar refractivity (Wildman–Crippen MR) is 76.6 cm³/mol. The molecule has 1 unspecified atom stereocenters. The lowest BCUT2D eigenvalue weighted by atomic mass is 10.1. The van der Waals surface area contributed by atoms with Gasteiger partial charge in [-0.05, 0) is 38.6 Å². The maximum absolute atomic E-state index is 9.12. The Bertz CT molecular complexity index is 357. The average Bonchev–Trinajstić information content (AvgIpc) is 2.35. The zero-order chi connectivity index (χ0) is 12.8. The molecule has 2 N–H and O–H groups in total. The lowest BCUT2D eigenvalue weighted by molar-refractivity contribution is 0.302. The van der Waals surface area contributed by atoms with Crippen molar-refractivity contribution in [1.29, 1.82) is 0 Å². The van der Waals surface area contributed by atoms with E-state index in [1.807, 2.05) is 7.05 Å². The summed E-state index contributed by atoms with van der Waals surface area (Å²) in [5.41, 5.74) is 2.43. The molecule has 3 nitrogen and oxygen atoms in total. The van der Waals surface area contributed by atoms with Crippen LogP contribution in [0.15, 0.2) is 22.7 Å². The maximum Gasteiger partial charge on any atom is 0.0606 e. The number of hydrogen-bond donors (Lipinski definition) is 2. The fourth-order valence-corrected chi connectivity index (χ4v) is 2.23. The van der Waals surface area contributed by atoms with Crippen molar-refractivity contribution in [3.05, 3.63) is 28.2 Å². The average molecular weight is 301 g/mol. The number of anilines is 1. The van der Waals surface area contributed by atoms with Gasteiger partial charge >= 0.3 is 0 Å². The number of aliphatic hydroxyl groups is 1. The molecule has 0 saturated carbocycles. The van der Waals surface area contributed by atoms with E-state index in [2.05, 4.69) is 58.2 Å². The van der Waals surface area contributed by atoms with Crippen LogP contribution in [0.4, 0.5) is 5.69 Å². The molecule has 0 spiro atoms. The Morgan fingerprint density at radius 2 is 2.18 bits per heavy atom. The summed E-state index contributed by atoms with van der Waals surface area (Å²) in [5, 5.41) is 12.4. The van der Waals surface area contributed by atoms with E-state index in [9.17, 15) is 0 Å². The normalized spacial score (nSPS) is 12.5. The Morgan fingerprint density at radius 3 is 2.71 bits per heavy atom. The number of benzene rings is 1. The van der Waals surface area contributed by atoms with Gasteiger partial charge in [-0.2, -0.15) is 0 Å². The van der Waals surface area contributed by atoms with Gasteiger partial charge in [0.1, 0.15) is 0 Å². The molecular weight excluding hydrogens is 280 g/mol. The standard InChI is InChI=1S/C13H21BrN2O/c1-4-16(7-8-17)13-9-11(14)5-6-12(13)10(2)15-3/h5-6,9-10,15,17H,4,7-8H2,1-3H3. The first kappa shape index (κ1) is 14.5. The highest BCUT2D eigenvalue weighted by Gasteiger charge is 2.13. The summed E-state index contributed by atoms with van der Waals surface area (Å²) in [7, 11) is 1.96. The molecule has 0 amide bonds. The van der Waals surface area contributed by atoms with E-state index in [1.54, 1.807) is 0 Å². The second-order valence-electron chi connectivity index (χ2n) is 4.02. The fourth-order valence-electron chi connectivity index (χ4n) is 1.88. The van der Waals surface area contributed by atoms with Crippen LogP contribution < -0.4 is 10.2 Å². The monoisotopic (exact) mass is 300 g/mol. The van der Waals surface area contributed by atoms with Crippen molar-refractivity contribution in [1.82, 2.24) is 5.32 Å². The second kappa shape index (κ2) is 6.99. The summed E-state index contributed by atoms with van der Waals surface area (Å²) in [4.78, 5) is 2.19. The topological polar surface area (TPSA) is 35.5 Å². The van der Waals surface area contributed by atoms with Crippen LogP contribution in [0.5, 0.6) is 0 Å². The van der Waals surface area contributed by atoms with Gasteiger partial charge in [-0.25, -0.2) is 0 Å². The fraction of sp³-hybridized carbons (Fsp3) is 0.538. The summed E-state index contributed by atoms with van der Waals surface area (Å²) in [6.07, 6.45) is 0. The molecular formula is C13H21BrN2O. The van der Waals surface area contributed by atoms with E-state index >= 15 is 0 Å². The molecule has 0 aromatic heterocycles. The number of nitrogens with zero attached hydrogens (tertiary/aromatic N) is 1. The summed E-state index contributed by atoms with van der Waals surface area (Å²) < 4.78 is 1.07. The first-order valence-corrected chi connectivity index (χ1v) is 6.75. The summed E-state index contributed by atoms with van der Waals surface area (Å²) >= 11 is 3.51. The summed E-state index contributed by atoms with van der Waals surface area (Å²) in [6.45, 7) is 5.97. The van der Waals surface area contributed by atoms with Crippen LogP contribution in [-0.2, 0) is 0 Å². The van der Waals surface area contributed by atoms with Gasteiger partial charge in [0.05, 0.1) is 6.61 Å². The molecule has 1 aromatic rings. The Hall–Kier alpha value is -0.580. The zero-order valence-electron chi connectivity index (χ0n) is 10.7. The number of rotatable bonds is 6. The highest BCUT2D eigenvalue weighted by molar-refractivity contribution is 9.10. The van der Waals surface area contributed by atoms with Crippen LogP contribution in [0.2, 0.25) is 0 Å². The molecule has 0 radical (unpaired) electrons. The summed E-state index contributed by atoms with van der Waals surface area (Å²) in [6, 6.07) is 6.59. The third-order valence-electron chi connectivity index (χ3n) is 2.98. The smallest absolute Gasteiger partial charge is 0.0606 e. The maximum atomic E-state index is 9.12. The van der Waals surface area contributed by atoms with E-state index in [1.165, 1.54) is 11.3 Å². The predicted octanol–water partition coefficient (Wildman–Crippen LogP) is 2.55. The molecule has 0 aliphatic heterocycles. The van der Waals surface area contributed by atoms with E-state index in [-0.39, 0.29) is 6.61 Å². The van der Waals surface area contributed by atoms with Crippen LogP contribution in [-0.4, -0.2) is 31.9 Å². The molecule has 1 aromatic carbocycles. The quantitative estimate of drug-likeness (QED) is 0.847. The van der Waals surface area contributed by atoms with Gasteiger partial charge in [0.15, 0.2) is 0 Å². The number of aliphatic hydroxyl groups excluding tert-OH is 1. The molecule has 0 aliphatic carbocycles. The third-order valence-corrected chi connectivity index (χ3v) is 3.48. The molecule has 0 bridgehead atoms. The molecule has 96 valence electrons. The van der Waals surface area contributed by atoms with Gasteiger partial charge in [-0.3, -0.25) is 0 Å². The van der Waals surface area contributed by atoms with Gasteiger partial charge in [-0.15, -0.1) is 0 Å². The first-order valence-electron chi connectivity index (χ1n) is 5.96. The first-order chi connectivity index (χ1) is 8.13. The molecule has 0 fully saturated rings. The summed E-state index contributed by atoms with van der Waals surface area (Å²) in [5.74, 6) is 0. The molecule has 0 heterocycles. The van der Waals surface area contributed by atoms with E-state index < -0.39 is 0 Å². The van der Waals surface area contributed by atoms with E-state index in [0.717, 1.165) is 11.0 Å². The molecule has 1 rings (SSSR count). The Kier molecular flexibility index (Phi) is 5.95. The van der Waals surface area contributed by atoms with Gasteiger partial charge in [0, 0.05) is 29.3 Å². The molecule has 17 heavy (non-hydrogen) atoms. The van der Waals surface area contributed by atoms with Crippen molar-refractivity contribution in [3.8, 4) is 0 Å². The number of nitrogens with one attached hydrogen (secondary N) is 1. The van der Waals surface area contributed by atoms with Gasteiger partial charge in [-0.1, -0.05) is 22.0 Å². The van der Waals surface area contributed by atoms with Crippen molar-refractivity contribution in [3.63, 3.8) is 0 Å². The lowest BCUT2D eigenvalue weighted by Gasteiger charge is -2.27. The minimum absolute atomic E-state index is 0.174. The van der Waals surface area contributed by atoms with Crippen molar-refractivity contribution in [2.24, 2.45) is 0 Å². The van der Waals surface area contributed by atoms with Gasteiger partial charge in [0.25, 0.3) is 0 Å². The number of halogens is 1. The highest BCUT2D eigenvalue weighted by Crippen LogP contribution is 2.29.